The first-order valence-corrected chi connectivity index (χ1v) is 9.44. The smallest absolute Gasteiger partial charge is 0.330 e. The average molecular weight is 408 g/mol. The molecule has 2 amide bonds. The van der Waals surface area contributed by atoms with E-state index >= 15 is 0 Å². The van der Waals surface area contributed by atoms with E-state index in [4.69, 9.17) is 0 Å². The summed E-state index contributed by atoms with van der Waals surface area (Å²) < 4.78 is 0. The molecule has 0 saturated carbocycles. The first-order valence-electron chi connectivity index (χ1n) is 9.44. The van der Waals surface area contributed by atoms with Crippen molar-refractivity contribution in [2.45, 2.75) is 72.0 Å². The first-order chi connectivity index (χ1) is 13.1. The summed E-state index contributed by atoms with van der Waals surface area (Å²) in [6.45, 7) is 10.4. The van der Waals surface area contributed by atoms with Crippen molar-refractivity contribution in [1.82, 2.24) is 10.2 Å². The third-order valence-electron chi connectivity index (χ3n) is 4.93. The lowest BCUT2D eigenvalue weighted by Gasteiger charge is -2.54. The quantitative estimate of drug-likeness (QED) is 0.547. The number of aliphatic carboxylic acids is 2. The Bertz CT molecular complexity index is 746. The molecule has 1 aromatic carbocycles. The molecule has 8 nitrogen and oxygen atoms in total. The molecule has 0 aromatic heterocycles. The summed E-state index contributed by atoms with van der Waals surface area (Å²) in [5.41, 5.74) is -2.87. The van der Waals surface area contributed by atoms with Gasteiger partial charge in [-0.05, 0) is 50.3 Å². The van der Waals surface area contributed by atoms with E-state index in [1.54, 1.807) is 53.7 Å². The minimum absolute atomic E-state index is 0.0997. The summed E-state index contributed by atoms with van der Waals surface area (Å²) in [4.78, 5) is 38.3. The highest BCUT2D eigenvalue weighted by molar-refractivity contribution is 5.88. The number of carbonyl (C=O) groups excluding carboxylic acids is 1. The molecule has 162 valence electrons. The Morgan fingerprint density at radius 3 is 1.86 bits per heavy atom. The van der Waals surface area contributed by atoms with Gasteiger partial charge in [-0.15, -0.1) is 0 Å². The molecule has 4 N–H and O–H groups in total. The maximum Gasteiger partial charge on any atom is 0.330 e. The molecule has 8 heteroatoms. The zero-order valence-corrected chi connectivity index (χ0v) is 17.9. The van der Waals surface area contributed by atoms with Gasteiger partial charge in [-0.2, -0.15) is 0 Å². The normalized spacial score (nSPS) is 14.0. The molecule has 0 fully saturated rings. The second kappa shape index (κ2) is 8.71. The molecule has 0 unspecified atom stereocenters. The van der Waals surface area contributed by atoms with Crippen LogP contribution in [-0.4, -0.2) is 49.3 Å². The van der Waals surface area contributed by atoms with Gasteiger partial charge in [0.05, 0.1) is 0 Å². The lowest BCUT2D eigenvalue weighted by Crippen LogP contribution is -2.70. The van der Waals surface area contributed by atoms with Crippen LogP contribution in [0.4, 0.5) is 4.79 Å². The summed E-state index contributed by atoms with van der Waals surface area (Å²) in [5, 5.41) is 31.5. The number of benzene rings is 1. The Kier molecular flexibility index (Phi) is 7.29. The Balaban J connectivity index is 3.37. The molecule has 0 aliphatic heterocycles. The van der Waals surface area contributed by atoms with Gasteiger partial charge in [0.25, 0.3) is 0 Å². The van der Waals surface area contributed by atoms with Crippen LogP contribution in [0.2, 0.25) is 0 Å². The molecule has 0 heterocycles. The molecule has 0 bridgehead atoms. The number of hydrogen-bond donors (Lipinski definition) is 4. The maximum absolute atomic E-state index is 13.2. The fraction of sp³-hybridized carbons (Fsp3) is 0.571. The van der Waals surface area contributed by atoms with Crippen LogP contribution >= 0.6 is 0 Å². The molecular weight excluding hydrogens is 376 g/mol. The van der Waals surface area contributed by atoms with Gasteiger partial charge in [0.2, 0.25) is 0 Å². The number of carboxylic acids is 2. The Hall–Kier alpha value is -2.77. The monoisotopic (exact) mass is 408 g/mol. The van der Waals surface area contributed by atoms with Gasteiger partial charge in [-0.1, -0.05) is 32.9 Å². The zero-order valence-electron chi connectivity index (χ0n) is 17.9. The lowest BCUT2D eigenvalue weighted by molar-refractivity contribution is -0.164. The van der Waals surface area contributed by atoms with Crippen molar-refractivity contribution < 1.29 is 29.7 Å². The number of hydrogen-bond acceptors (Lipinski definition) is 4. The summed E-state index contributed by atoms with van der Waals surface area (Å²) >= 11 is 0. The first kappa shape index (κ1) is 24.3. The third kappa shape index (κ3) is 5.62. The van der Waals surface area contributed by atoms with E-state index in [9.17, 15) is 29.7 Å². The number of carbonyl (C=O) groups is 3. The molecular formula is C21H32N2O6. The predicted octanol–water partition coefficient (Wildman–Crippen LogP) is 3.44. The van der Waals surface area contributed by atoms with Gasteiger partial charge in [-0.25, -0.2) is 9.59 Å². The minimum Gasteiger partial charge on any atom is -0.508 e. The van der Waals surface area contributed by atoms with Crippen molar-refractivity contribution in [3.8, 4) is 5.75 Å². The van der Waals surface area contributed by atoms with Gasteiger partial charge < -0.3 is 25.5 Å². The van der Waals surface area contributed by atoms with Crippen LogP contribution in [0.5, 0.6) is 5.75 Å². The standard InChI is InChI=1S/C21H32N2O6/c1-19(2,3)21(17(27)28,12-11-16(25)26)23(20(4,5)6)18(29)22-13-14-7-9-15(24)10-8-14/h7-10,24H,11-13H2,1-6H3,(H,22,29)(H,25,26)(H,27,28)/t21-/m0/s1. The molecule has 29 heavy (non-hydrogen) atoms. The highest BCUT2D eigenvalue weighted by Crippen LogP contribution is 2.43. The number of amides is 2. The van der Waals surface area contributed by atoms with E-state index in [0.29, 0.717) is 0 Å². The van der Waals surface area contributed by atoms with E-state index in [2.05, 4.69) is 5.32 Å². The van der Waals surface area contributed by atoms with E-state index in [0.717, 1.165) is 5.56 Å². The number of phenolic OH excluding ortho intramolecular Hbond substituents is 1. The Morgan fingerprint density at radius 2 is 1.48 bits per heavy atom. The van der Waals surface area contributed by atoms with E-state index in [1.165, 1.54) is 17.0 Å². The summed E-state index contributed by atoms with van der Waals surface area (Å²) in [6.07, 6.45) is -0.619. The van der Waals surface area contributed by atoms with Crippen molar-refractivity contribution >= 4 is 18.0 Å². The average Bonchev–Trinajstić information content (AvgIpc) is 2.55. The molecule has 0 radical (unpaired) electrons. The molecule has 0 aliphatic carbocycles. The van der Waals surface area contributed by atoms with Crippen LogP contribution in [0, 0.1) is 5.41 Å². The van der Waals surface area contributed by atoms with Crippen molar-refractivity contribution in [2.75, 3.05) is 0 Å². The molecule has 1 atom stereocenters. The summed E-state index contributed by atoms with van der Waals surface area (Å²) in [7, 11) is 0. The van der Waals surface area contributed by atoms with E-state index in [1.807, 2.05) is 0 Å². The number of urea groups is 1. The highest BCUT2D eigenvalue weighted by Gasteiger charge is 2.58. The fourth-order valence-electron chi connectivity index (χ4n) is 3.55. The highest BCUT2D eigenvalue weighted by atomic mass is 16.4. The molecule has 0 saturated heterocycles. The van der Waals surface area contributed by atoms with Gasteiger partial charge in [-0.3, -0.25) is 4.79 Å². The van der Waals surface area contributed by atoms with Crippen molar-refractivity contribution in [2.24, 2.45) is 5.41 Å². The number of rotatable bonds is 7. The van der Waals surface area contributed by atoms with Crippen molar-refractivity contribution in [3.05, 3.63) is 29.8 Å². The van der Waals surface area contributed by atoms with Gasteiger partial charge in [0, 0.05) is 18.5 Å². The zero-order chi connectivity index (χ0) is 22.6. The van der Waals surface area contributed by atoms with Gasteiger partial charge in [0.1, 0.15) is 11.3 Å². The third-order valence-corrected chi connectivity index (χ3v) is 4.93. The molecule has 0 spiro atoms. The Labute approximate surface area is 171 Å². The number of carboxylic acid groups (broad SMARTS) is 2. The van der Waals surface area contributed by atoms with Crippen LogP contribution in [0.25, 0.3) is 0 Å². The van der Waals surface area contributed by atoms with Crippen LogP contribution in [-0.2, 0) is 16.1 Å². The Morgan fingerprint density at radius 1 is 0.966 bits per heavy atom. The van der Waals surface area contributed by atoms with E-state index < -0.39 is 34.5 Å². The SMILES string of the molecule is CC(C)(C)N(C(=O)NCc1ccc(O)cc1)[C@@](CCC(=O)O)(C(=O)O)C(C)(C)C. The van der Waals surface area contributed by atoms with Crippen LogP contribution < -0.4 is 5.32 Å². The van der Waals surface area contributed by atoms with E-state index in [-0.39, 0.29) is 25.1 Å². The number of nitrogens with one attached hydrogen (secondary N) is 1. The van der Waals surface area contributed by atoms with Gasteiger partial charge >= 0.3 is 18.0 Å². The molecule has 0 aliphatic rings. The van der Waals surface area contributed by atoms with Gasteiger partial charge in [0.15, 0.2) is 0 Å². The summed E-state index contributed by atoms with van der Waals surface area (Å²) in [6, 6.07) is 5.68. The topological polar surface area (TPSA) is 127 Å². The predicted molar refractivity (Wildman–Crippen MR) is 109 cm³/mol. The van der Waals surface area contributed by atoms with Crippen molar-refractivity contribution in [3.63, 3.8) is 0 Å². The van der Waals surface area contributed by atoms with Crippen LogP contribution in [0.15, 0.2) is 24.3 Å². The van der Waals surface area contributed by atoms with Crippen molar-refractivity contribution in [1.29, 1.82) is 0 Å². The largest absolute Gasteiger partial charge is 0.508 e. The second-order valence-electron chi connectivity index (χ2n) is 9.14. The lowest BCUT2D eigenvalue weighted by atomic mass is 9.68. The number of phenols is 1. The number of nitrogens with zero attached hydrogens (tertiary/aromatic N) is 1. The maximum atomic E-state index is 13.2. The van der Waals surface area contributed by atoms with Crippen LogP contribution in [0.3, 0.4) is 0 Å². The minimum atomic E-state index is -1.75. The number of aromatic hydroxyl groups is 1. The molecule has 1 rings (SSSR count). The summed E-state index contributed by atoms with van der Waals surface area (Å²) in [5.74, 6) is -2.28. The second-order valence-corrected chi connectivity index (χ2v) is 9.14. The fourth-order valence-corrected chi connectivity index (χ4v) is 3.55. The molecule has 1 aromatic rings. The van der Waals surface area contributed by atoms with Crippen LogP contribution in [0.1, 0.15) is 59.9 Å².